The molecule has 1 atom stereocenters. The third kappa shape index (κ3) is 3.56. The fourth-order valence-corrected chi connectivity index (χ4v) is 4.59. The number of benzene rings is 1. The number of hydrogen-bond acceptors (Lipinski definition) is 4. The summed E-state index contributed by atoms with van der Waals surface area (Å²) in [5.74, 6) is 0.188. The van der Waals surface area contributed by atoms with Crippen LogP contribution in [0, 0.1) is 6.92 Å². The van der Waals surface area contributed by atoms with Crippen molar-refractivity contribution in [2.75, 3.05) is 20.2 Å². The molecule has 1 heterocycles. The van der Waals surface area contributed by atoms with Crippen LogP contribution >= 0.6 is 0 Å². The Kier molecular flexibility index (Phi) is 5.43. The van der Waals surface area contributed by atoms with Crippen molar-refractivity contribution >= 4 is 15.9 Å². The van der Waals surface area contributed by atoms with E-state index in [2.05, 4.69) is 11.9 Å². The van der Waals surface area contributed by atoms with E-state index >= 15 is 0 Å². The number of nitrogens with one attached hydrogen (secondary N) is 1. The van der Waals surface area contributed by atoms with E-state index in [0.717, 1.165) is 0 Å². The first-order chi connectivity index (χ1) is 10.9. The Morgan fingerprint density at radius 3 is 2.91 bits per heavy atom. The van der Waals surface area contributed by atoms with Crippen LogP contribution in [0.1, 0.15) is 18.4 Å². The van der Waals surface area contributed by atoms with Crippen molar-refractivity contribution in [2.24, 2.45) is 0 Å². The first kappa shape index (κ1) is 17.5. The molecule has 1 N–H and O–H groups in total. The summed E-state index contributed by atoms with van der Waals surface area (Å²) in [6.45, 7) is 5.94. The monoisotopic (exact) mass is 338 g/mol. The quantitative estimate of drug-likeness (QED) is 0.797. The van der Waals surface area contributed by atoms with Crippen LogP contribution in [0.5, 0.6) is 5.75 Å². The molecule has 0 radical (unpaired) electrons. The Balaban J connectivity index is 2.34. The van der Waals surface area contributed by atoms with Crippen molar-refractivity contribution in [1.29, 1.82) is 0 Å². The largest absolute Gasteiger partial charge is 0.497 e. The van der Waals surface area contributed by atoms with E-state index in [9.17, 15) is 13.2 Å². The third-order valence-electron chi connectivity index (χ3n) is 3.91. The summed E-state index contributed by atoms with van der Waals surface area (Å²) in [6.07, 6.45) is 2.75. The molecular formula is C16H22N2O4S. The average Bonchev–Trinajstić information content (AvgIpc) is 3.03. The molecule has 126 valence electrons. The number of amides is 1. The van der Waals surface area contributed by atoms with Crippen molar-refractivity contribution < 1.29 is 17.9 Å². The average molecular weight is 338 g/mol. The molecule has 1 amide bonds. The highest BCUT2D eigenvalue weighted by molar-refractivity contribution is 7.89. The molecule has 1 aliphatic heterocycles. The first-order valence-electron chi connectivity index (χ1n) is 7.47. The van der Waals surface area contributed by atoms with Gasteiger partial charge in [0.2, 0.25) is 15.9 Å². The second-order valence-electron chi connectivity index (χ2n) is 5.44. The van der Waals surface area contributed by atoms with E-state index in [0.29, 0.717) is 37.2 Å². The van der Waals surface area contributed by atoms with Crippen LogP contribution in [0.15, 0.2) is 35.7 Å². The number of rotatable bonds is 6. The summed E-state index contributed by atoms with van der Waals surface area (Å²) in [5, 5.41) is 2.68. The zero-order valence-electron chi connectivity index (χ0n) is 13.4. The minimum atomic E-state index is -3.75. The van der Waals surface area contributed by atoms with Crippen LogP contribution in [0.4, 0.5) is 0 Å². The van der Waals surface area contributed by atoms with E-state index in [1.165, 1.54) is 17.5 Å². The van der Waals surface area contributed by atoms with Gasteiger partial charge in [0.1, 0.15) is 11.8 Å². The van der Waals surface area contributed by atoms with Gasteiger partial charge >= 0.3 is 0 Å². The van der Waals surface area contributed by atoms with Gasteiger partial charge in [0, 0.05) is 19.2 Å². The summed E-state index contributed by atoms with van der Waals surface area (Å²) in [5.41, 5.74) is 0.628. The molecule has 23 heavy (non-hydrogen) atoms. The lowest BCUT2D eigenvalue weighted by atomic mass is 10.2. The maximum absolute atomic E-state index is 13.0. The molecule has 1 aromatic rings. The molecule has 6 nitrogen and oxygen atoms in total. The second kappa shape index (κ2) is 7.14. The zero-order valence-corrected chi connectivity index (χ0v) is 14.2. The summed E-state index contributed by atoms with van der Waals surface area (Å²) in [4.78, 5) is 12.4. The van der Waals surface area contributed by atoms with Gasteiger partial charge in [-0.2, -0.15) is 4.31 Å². The number of aryl methyl sites for hydroxylation is 1. The van der Waals surface area contributed by atoms with Gasteiger partial charge in [0.25, 0.3) is 0 Å². The third-order valence-corrected chi connectivity index (χ3v) is 5.96. The SMILES string of the molecule is C=CCNC(=O)[C@@H]1CCCN1S(=O)(=O)c1cc(OC)ccc1C. The minimum Gasteiger partial charge on any atom is -0.497 e. The molecule has 0 unspecified atom stereocenters. The van der Waals surface area contributed by atoms with Gasteiger partial charge in [-0.25, -0.2) is 8.42 Å². The lowest BCUT2D eigenvalue weighted by Crippen LogP contribution is -2.46. The standard InChI is InChI=1S/C16H22N2O4S/c1-4-9-17-16(19)14-6-5-10-18(14)23(20,21)15-11-13(22-3)8-7-12(15)2/h4,7-8,11,14H,1,5-6,9-10H2,2-3H3,(H,17,19)/t14-/m0/s1. The van der Waals surface area contributed by atoms with E-state index in [-0.39, 0.29) is 10.8 Å². The van der Waals surface area contributed by atoms with Gasteiger partial charge in [-0.05, 0) is 31.4 Å². The molecule has 0 saturated carbocycles. The Bertz CT molecular complexity index is 700. The second-order valence-corrected chi connectivity index (χ2v) is 7.30. The van der Waals surface area contributed by atoms with Gasteiger partial charge in [0.05, 0.1) is 12.0 Å². The predicted molar refractivity (Wildman–Crippen MR) is 87.9 cm³/mol. The fraction of sp³-hybridized carbons (Fsp3) is 0.438. The van der Waals surface area contributed by atoms with Crippen LogP contribution in [0.2, 0.25) is 0 Å². The van der Waals surface area contributed by atoms with E-state index in [4.69, 9.17) is 4.74 Å². The minimum absolute atomic E-state index is 0.181. The van der Waals surface area contributed by atoms with Crippen LogP contribution in [-0.4, -0.2) is 44.9 Å². The highest BCUT2D eigenvalue weighted by Crippen LogP contribution is 2.30. The number of ether oxygens (including phenoxy) is 1. The number of sulfonamides is 1. The number of hydrogen-bond donors (Lipinski definition) is 1. The molecule has 7 heteroatoms. The number of methoxy groups -OCH3 is 1. The van der Waals surface area contributed by atoms with Crippen LogP contribution in [-0.2, 0) is 14.8 Å². The molecule has 1 aromatic carbocycles. The van der Waals surface area contributed by atoms with Gasteiger partial charge in [-0.1, -0.05) is 12.1 Å². The van der Waals surface area contributed by atoms with Gasteiger partial charge in [-0.15, -0.1) is 6.58 Å². The van der Waals surface area contributed by atoms with Gasteiger partial charge in [-0.3, -0.25) is 4.79 Å². The molecule has 1 fully saturated rings. The van der Waals surface area contributed by atoms with Crippen LogP contribution in [0.25, 0.3) is 0 Å². The highest BCUT2D eigenvalue weighted by Gasteiger charge is 2.39. The Morgan fingerprint density at radius 2 is 2.26 bits per heavy atom. The summed E-state index contributed by atoms with van der Waals surface area (Å²) in [7, 11) is -2.27. The Labute approximate surface area is 137 Å². The Morgan fingerprint density at radius 1 is 1.52 bits per heavy atom. The molecule has 0 bridgehead atoms. The molecule has 0 spiro atoms. The van der Waals surface area contributed by atoms with Crippen molar-refractivity contribution in [3.8, 4) is 5.75 Å². The summed E-state index contributed by atoms with van der Waals surface area (Å²) < 4.78 is 32.4. The number of carbonyl (C=O) groups excluding carboxylic acids is 1. The highest BCUT2D eigenvalue weighted by atomic mass is 32.2. The van der Waals surface area contributed by atoms with E-state index < -0.39 is 16.1 Å². The van der Waals surface area contributed by atoms with Crippen LogP contribution < -0.4 is 10.1 Å². The fourth-order valence-electron chi connectivity index (χ4n) is 2.69. The molecule has 1 saturated heterocycles. The lowest BCUT2D eigenvalue weighted by molar-refractivity contribution is -0.123. The molecule has 2 rings (SSSR count). The zero-order chi connectivity index (χ0) is 17.0. The summed E-state index contributed by atoms with van der Waals surface area (Å²) >= 11 is 0. The van der Waals surface area contributed by atoms with Gasteiger partial charge in [0.15, 0.2) is 0 Å². The van der Waals surface area contributed by atoms with E-state index in [1.54, 1.807) is 25.1 Å². The number of carbonyl (C=O) groups is 1. The van der Waals surface area contributed by atoms with Crippen molar-refractivity contribution in [3.05, 3.63) is 36.4 Å². The molecule has 0 aromatic heterocycles. The summed E-state index contributed by atoms with van der Waals surface area (Å²) in [6, 6.07) is 4.24. The van der Waals surface area contributed by atoms with Crippen LogP contribution in [0.3, 0.4) is 0 Å². The Hall–Kier alpha value is -1.86. The molecular weight excluding hydrogens is 316 g/mol. The van der Waals surface area contributed by atoms with Crippen molar-refractivity contribution in [3.63, 3.8) is 0 Å². The van der Waals surface area contributed by atoms with Crippen molar-refractivity contribution in [2.45, 2.75) is 30.7 Å². The normalized spacial score (nSPS) is 18.6. The molecule has 1 aliphatic rings. The smallest absolute Gasteiger partial charge is 0.244 e. The molecule has 0 aliphatic carbocycles. The topological polar surface area (TPSA) is 75.7 Å². The van der Waals surface area contributed by atoms with Crippen molar-refractivity contribution in [1.82, 2.24) is 9.62 Å². The van der Waals surface area contributed by atoms with Gasteiger partial charge < -0.3 is 10.1 Å². The predicted octanol–water partition coefficient (Wildman–Crippen LogP) is 1.46. The lowest BCUT2D eigenvalue weighted by Gasteiger charge is -2.24. The first-order valence-corrected chi connectivity index (χ1v) is 8.91. The number of nitrogens with zero attached hydrogens (tertiary/aromatic N) is 1. The maximum atomic E-state index is 13.0. The maximum Gasteiger partial charge on any atom is 0.244 e. The van der Waals surface area contributed by atoms with E-state index in [1.807, 2.05) is 0 Å².